The number of nitrogens with one attached hydrogen (secondary N) is 1. The van der Waals surface area contributed by atoms with Gasteiger partial charge in [0.15, 0.2) is 11.5 Å². The predicted molar refractivity (Wildman–Crippen MR) is 84.6 cm³/mol. The topological polar surface area (TPSA) is 108 Å². The summed E-state index contributed by atoms with van der Waals surface area (Å²) < 4.78 is 41.8. The van der Waals surface area contributed by atoms with Gasteiger partial charge in [0.25, 0.3) is 10.0 Å². The van der Waals surface area contributed by atoms with Gasteiger partial charge in [-0.1, -0.05) is 5.16 Å². The summed E-state index contributed by atoms with van der Waals surface area (Å²) in [6, 6.07) is 4.06. The molecule has 0 atom stereocenters. The van der Waals surface area contributed by atoms with Crippen LogP contribution in [0.3, 0.4) is 0 Å². The molecule has 1 N–H and O–H groups in total. The minimum absolute atomic E-state index is 0.104. The fraction of sp³-hybridized carbons (Fsp3) is 0.333. The van der Waals surface area contributed by atoms with Crippen molar-refractivity contribution >= 4 is 15.9 Å². The molecule has 24 heavy (non-hydrogen) atoms. The molecule has 0 radical (unpaired) electrons. The highest BCUT2D eigenvalue weighted by Gasteiger charge is 2.22. The average molecular weight is 354 g/mol. The zero-order chi connectivity index (χ0) is 17.9. The van der Waals surface area contributed by atoms with E-state index in [0.717, 1.165) is 0 Å². The first-order valence-corrected chi connectivity index (χ1v) is 8.46. The van der Waals surface area contributed by atoms with E-state index in [1.165, 1.54) is 32.4 Å². The first-order valence-electron chi connectivity index (χ1n) is 6.98. The number of carbonyl (C=O) groups is 1. The monoisotopic (exact) mass is 354 g/mol. The summed E-state index contributed by atoms with van der Waals surface area (Å²) in [6.45, 7) is 3.34. The number of rotatable bonds is 6. The molecule has 0 saturated carbocycles. The van der Waals surface area contributed by atoms with Gasteiger partial charge in [-0.15, -0.1) is 0 Å². The maximum Gasteiger partial charge on any atom is 0.264 e. The molecule has 1 aromatic heterocycles. The Morgan fingerprint density at radius 2 is 1.88 bits per heavy atom. The largest absolute Gasteiger partial charge is 0.493 e. The highest BCUT2D eigenvalue weighted by Crippen LogP contribution is 2.29. The van der Waals surface area contributed by atoms with Crippen LogP contribution in [0.15, 0.2) is 27.6 Å². The van der Waals surface area contributed by atoms with Crippen molar-refractivity contribution in [2.24, 2.45) is 0 Å². The Labute approximate surface area is 139 Å². The van der Waals surface area contributed by atoms with Gasteiger partial charge in [-0.2, -0.15) is 0 Å². The summed E-state index contributed by atoms with van der Waals surface area (Å²) in [5.74, 6) is 0.433. The number of benzene rings is 1. The molecule has 0 aliphatic rings. The highest BCUT2D eigenvalue weighted by atomic mass is 32.2. The van der Waals surface area contributed by atoms with Crippen molar-refractivity contribution < 1.29 is 27.2 Å². The van der Waals surface area contributed by atoms with Crippen molar-refractivity contribution in [2.75, 3.05) is 14.2 Å². The van der Waals surface area contributed by atoms with Crippen LogP contribution in [0.5, 0.6) is 11.5 Å². The lowest BCUT2D eigenvalue weighted by molar-refractivity contribution is -0.118. The van der Waals surface area contributed by atoms with E-state index in [9.17, 15) is 13.2 Å². The first-order chi connectivity index (χ1) is 11.3. The van der Waals surface area contributed by atoms with Crippen molar-refractivity contribution in [1.82, 2.24) is 9.88 Å². The maximum atomic E-state index is 12.3. The molecule has 0 aliphatic carbocycles. The van der Waals surface area contributed by atoms with E-state index in [-0.39, 0.29) is 17.1 Å². The molecule has 0 unspecified atom stereocenters. The molecule has 130 valence electrons. The third kappa shape index (κ3) is 3.67. The Balaban J connectivity index is 2.20. The van der Waals surface area contributed by atoms with Gasteiger partial charge in [0.1, 0.15) is 5.76 Å². The SMILES string of the molecule is COc1ccc(S(=O)(=O)NC(=O)Cc2c(C)noc2C)cc1OC. The third-order valence-electron chi connectivity index (χ3n) is 3.43. The van der Waals surface area contributed by atoms with Gasteiger partial charge in [0.2, 0.25) is 5.91 Å². The zero-order valence-corrected chi connectivity index (χ0v) is 14.6. The number of aryl methyl sites for hydroxylation is 2. The van der Waals surface area contributed by atoms with Gasteiger partial charge in [-0.25, -0.2) is 13.1 Å². The number of hydrogen-bond donors (Lipinski definition) is 1. The summed E-state index contributed by atoms with van der Waals surface area (Å²) in [5, 5.41) is 3.73. The minimum Gasteiger partial charge on any atom is -0.493 e. The van der Waals surface area contributed by atoms with Gasteiger partial charge in [-0.05, 0) is 26.0 Å². The van der Waals surface area contributed by atoms with E-state index in [2.05, 4.69) is 5.16 Å². The number of aromatic nitrogens is 1. The molecule has 0 fully saturated rings. The Morgan fingerprint density at radius 3 is 2.42 bits per heavy atom. The van der Waals surface area contributed by atoms with Gasteiger partial charge in [0.05, 0.1) is 31.2 Å². The molecule has 0 bridgehead atoms. The highest BCUT2D eigenvalue weighted by molar-refractivity contribution is 7.90. The lowest BCUT2D eigenvalue weighted by atomic mass is 10.1. The Hall–Kier alpha value is -2.55. The Bertz CT molecular complexity index is 837. The molecule has 0 spiro atoms. The molecule has 8 nitrogen and oxygen atoms in total. The molecule has 0 aliphatic heterocycles. The molecule has 9 heteroatoms. The minimum atomic E-state index is -4.03. The summed E-state index contributed by atoms with van der Waals surface area (Å²) in [6.07, 6.45) is -0.145. The van der Waals surface area contributed by atoms with E-state index in [1.807, 2.05) is 4.72 Å². The van der Waals surface area contributed by atoms with Crippen molar-refractivity contribution in [3.05, 3.63) is 35.2 Å². The lowest BCUT2D eigenvalue weighted by Gasteiger charge is -2.11. The molecular formula is C15H18N2O6S. The number of sulfonamides is 1. The summed E-state index contributed by atoms with van der Waals surface area (Å²) in [7, 11) is -1.20. The normalized spacial score (nSPS) is 11.2. The van der Waals surface area contributed by atoms with E-state index in [4.69, 9.17) is 14.0 Å². The van der Waals surface area contributed by atoms with Crippen LogP contribution in [0.1, 0.15) is 17.0 Å². The Morgan fingerprint density at radius 1 is 1.21 bits per heavy atom. The van der Waals surface area contributed by atoms with Crippen molar-refractivity contribution in [2.45, 2.75) is 25.2 Å². The maximum absolute atomic E-state index is 12.3. The number of nitrogens with zero attached hydrogens (tertiary/aromatic N) is 1. The van der Waals surface area contributed by atoms with Crippen molar-refractivity contribution in [1.29, 1.82) is 0 Å². The van der Waals surface area contributed by atoms with E-state index in [0.29, 0.717) is 22.8 Å². The number of amides is 1. The number of ether oxygens (including phenoxy) is 2. The fourth-order valence-electron chi connectivity index (χ4n) is 2.14. The summed E-state index contributed by atoms with van der Waals surface area (Å²) in [5.41, 5.74) is 1.11. The van der Waals surface area contributed by atoms with Crippen LogP contribution in [0.25, 0.3) is 0 Å². The second-order valence-corrected chi connectivity index (χ2v) is 6.71. The lowest BCUT2D eigenvalue weighted by Crippen LogP contribution is -2.32. The first kappa shape index (κ1) is 17.8. The van der Waals surface area contributed by atoms with E-state index in [1.54, 1.807) is 13.8 Å². The molecule has 1 amide bonds. The predicted octanol–water partition coefficient (Wildman–Crippen LogP) is 1.36. The van der Waals surface area contributed by atoms with Crippen LogP contribution in [0, 0.1) is 13.8 Å². The van der Waals surface area contributed by atoms with Gasteiger partial charge in [-0.3, -0.25) is 4.79 Å². The average Bonchev–Trinajstić information content (AvgIpc) is 2.85. The molecule has 1 heterocycles. The van der Waals surface area contributed by atoms with Crippen LogP contribution in [0.4, 0.5) is 0 Å². The second-order valence-electron chi connectivity index (χ2n) is 5.02. The van der Waals surface area contributed by atoms with Gasteiger partial charge in [0, 0.05) is 11.6 Å². The smallest absolute Gasteiger partial charge is 0.264 e. The summed E-state index contributed by atoms with van der Waals surface area (Å²) >= 11 is 0. The summed E-state index contributed by atoms with van der Waals surface area (Å²) in [4.78, 5) is 12.0. The van der Waals surface area contributed by atoms with Crippen molar-refractivity contribution in [3.63, 3.8) is 0 Å². The number of methoxy groups -OCH3 is 2. The molecular weight excluding hydrogens is 336 g/mol. The molecule has 2 aromatic rings. The zero-order valence-electron chi connectivity index (χ0n) is 13.7. The Kier molecular flexibility index (Phi) is 5.13. The van der Waals surface area contributed by atoms with E-state index >= 15 is 0 Å². The quantitative estimate of drug-likeness (QED) is 0.834. The van der Waals surface area contributed by atoms with E-state index < -0.39 is 15.9 Å². The van der Waals surface area contributed by atoms with Crippen LogP contribution >= 0.6 is 0 Å². The fourth-order valence-corrected chi connectivity index (χ4v) is 3.14. The third-order valence-corrected chi connectivity index (χ3v) is 4.80. The standard InChI is InChI=1S/C15H18N2O6S/c1-9-12(10(2)23-16-9)8-15(18)17-24(19,20)11-5-6-13(21-3)14(7-11)22-4/h5-7H,8H2,1-4H3,(H,17,18). The molecule has 1 aromatic carbocycles. The molecule has 2 rings (SSSR count). The number of carbonyl (C=O) groups excluding carboxylic acids is 1. The number of hydrogen-bond acceptors (Lipinski definition) is 7. The van der Waals surface area contributed by atoms with Gasteiger partial charge < -0.3 is 14.0 Å². The van der Waals surface area contributed by atoms with Crippen LogP contribution in [0.2, 0.25) is 0 Å². The van der Waals surface area contributed by atoms with Crippen LogP contribution in [-0.2, 0) is 21.2 Å². The van der Waals surface area contributed by atoms with Gasteiger partial charge >= 0.3 is 0 Å². The van der Waals surface area contributed by atoms with Crippen molar-refractivity contribution in [3.8, 4) is 11.5 Å². The second kappa shape index (κ2) is 6.91. The molecule has 0 saturated heterocycles. The van der Waals surface area contributed by atoms with Crippen LogP contribution < -0.4 is 14.2 Å². The van der Waals surface area contributed by atoms with Crippen LogP contribution in [-0.4, -0.2) is 33.7 Å².